The zero-order valence-corrected chi connectivity index (χ0v) is 11.9. The molecule has 0 saturated carbocycles. The van der Waals surface area contributed by atoms with E-state index in [2.05, 4.69) is 0 Å². The van der Waals surface area contributed by atoms with Crippen LogP contribution in [0.2, 0.25) is 4.34 Å². The third kappa shape index (κ3) is 6.96. The van der Waals surface area contributed by atoms with Gasteiger partial charge in [-0.2, -0.15) is 0 Å². The summed E-state index contributed by atoms with van der Waals surface area (Å²) in [6.07, 6.45) is 0.252. The van der Waals surface area contributed by atoms with Gasteiger partial charge in [0.05, 0.1) is 30.6 Å². The fraction of sp³-hybridized carbons (Fsp3) is 0.583. The van der Waals surface area contributed by atoms with Crippen LogP contribution in [0.1, 0.15) is 12.5 Å². The lowest BCUT2D eigenvalue weighted by Gasteiger charge is -2.05. The predicted molar refractivity (Wildman–Crippen MR) is 71.3 cm³/mol. The summed E-state index contributed by atoms with van der Waals surface area (Å²) in [5.41, 5.74) is 0.882. The standard InChI is InChI=1S/C12H17ClO4S/c1-2-15-3-4-16-5-6-17-12(14)8-10-7-11(13)18-9-10/h7,9H,2-6,8H2,1H3. The second-order valence-electron chi connectivity index (χ2n) is 3.47. The fourth-order valence-electron chi connectivity index (χ4n) is 1.23. The summed E-state index contributed by atoms with van der Waals surface area (Å²) in [7, 11) is 0. The van der Waals surface area contributed by atoms with Gasteiger partial charge in [0, 0.05) is 6.61 Å². The number of ether oxygens (including phenoxy) is 3. The van der Waals surface area contributed by atoms with E-state index in [9.17, 15) is 4.79 Å². The van der Waals surface area contributed by atoms with Crippen molar-refractivity contribution < 1.29 is 19.0 Å². The molecule has 0 N–H and O–H groups in total. The maximum absolute atomic E-state index is 11.4. The van der Waals surface area contributed by atoms with Crippen molar-refractivity contribution in [3.63, 3.8) is 0 Å². The van der Waals surface area contributed by atoms with Crippen molar-refractivity contribution in [1.29, 1.82) is 0 Å². The van der Waals surface area contributed by atoms with Gasteiger partial charge in [-0.1, -0.05) is 11.6 Å². The molecular weight excluding hydrogens is 276 g/mol. The first-order valence-electron chi connectivity index (χ1n) is 5.76. The van der Waals surface area contributed by atoms with Gasteiger partial charge in [0.1, 0.15) is 6.61 Å². The highest BCUT2D eigenvalue weighted by molar-refractivity contribution is 7.14. The zero-order valence-electron chi connectivity index (χ0n) is 10.3. The topological polar surface area (TPSA) is 44.8 Å². The first-order valence-corrected chi connectivity index (χ1v) is 7.02. The smallest absolute Gasteiger partial charge is 0.310 e. The molecule has 0 unspecified atom stereocenters. The van der Waals surface area contributed by atoms with Crippen LogP contribution in [0.25, 0.3) is 0 Å². The average molecular weight is 293 g/mol. The maximum atomic E-state index is 11.4. The minimum Gasteiger partial charge on any atom is -0.463 e. The van der Waals surface area contributed by atoms with Gasteiger partial charge in [-0.15, -0.1) is 11.3 Å². The van der Waals surface area contributed by atoms with Gasteiger partial charge in [-0.05, 0) is 23.9 Å². The first kappa shape index (κ1) is 15.4. The van der Waals surface area contributed by atoms with E-state index in [1.54, 1.807) is 6.07 Å². The van der Waals surface area contributed by atoms with Crippen molar-refractivity contribution >= 4 is 28.9 Å². The van der Waals surface area contributed by atoms with E-state index in [1.807, 2.05) is 12.3 Å². The lowest BCUT2D eigenvalue weighted by atomic mass is 10.2. The van der Waals surface area contributed by atoms with Gasteiger partial charge in [0.2, 0.25) is 0 Å². The molecule has 4 nitrogen and oxygen atoms in total. The highest BCUT2D eigenvalue weighted by Crippen LogP contribution is 2.20. The Balaban J connectivity index is 2.00. The Labute approximate surface area is 116 Å². The summed E-state index contributed by atoms with van der Waals surface area (Å²) in [5.74, 6) is -0.266. The predicted octanol–water partition coefficient (Wildman–Crippen LogP) is 2.54. The Morgan fingerprint density at radius 1 is 1.28 bits per heavy atom. The second kappa shape index (κ2) is 9.33. The SMILES string of the molecule is CCOCCOCCOC(=O)Cc1csc(Cl)c1. The molecule has 0 aliphatic rings. The summed E-state index contributed by atoms with van der Waals surface area (Å²) in [4.78, 5) is 11.4. The van der Waals surface area contributed by atoms with Crippen molar-refractivity contribution in [2.24, 2.45) is 0 Å². The number of rotatable bonds is 9. The van der Waals surface area contributed by atoms with E-state index in [1.165, 1.54) is 11.3 Å². The molecule has 1 heterocycles. The highest BCUT2D eigenvalue weighted by atomic mass is 35.5. The third-order valence-corrected chi connectivity index (χ3v) is 3.18. The number of carbonyl (C=O) groups is 1. The van der Waals surface area contributed by atoms with Crippen LogP contribution >= 0.6 is 22.9 Å². The number of carbonyl (C=O) groups excluding carboxylic acids is 1. The molecule has 0 bridgehead atoms. The molecule has 0 aromatic carbocycles. The van der Waals surface area contributed by atoms with Crippen LogP contribution < -0.4 is 0 Å². The van der Waals surface area contributed by atoms with Gasteiger partial charge in [0.15, 0.2) is 0 Å². The molecule has 1 aromatic rings. The molecule has 0 saturated heterocycles. The quantitative estimate of drug-likeness (QED) is 0.518. The van der Waals surface area contributed by atoms with Gasteiger partial charge >= 0.3 is 5.97 Å². The fourth-order valence-corrected chi connectivity index (χ4v) is 2.14. The Hall–Kier alpha value is -0.620. The largest absolute Gasteiger partial charge is 0.463 e. The number of esters is 1. The Bertz CT molecular complexity index is 354. The number of thiophene rings is 1. The Morgan fingerprint density at radius 2 is 2.00 bits per heavy atom. The normalized spacial score (nSPS) is 10.6. The van der Waals surface area contributed by atoms with Crippen LogP contribution in [0, 0.1) is 0 Å². The molecule has 0 fully saturated rings. The van der Waals surface area contributed by atoms with E-state index in [0.29, 0.717) is 30.8 Å². The lowest BCUT2D eigenvalue weighted by molar-refractivity contribution is -0.144. The van der Waals surface area contributed by atoms with Crippen LogP contribution in [-0.4, -0.2) is 39.0 Å². The highest BCUT2D eigenvalue weighted by Gasteiger charge is 2.06. The zero-order chi connectivity index (χ0) is 13.2. The minimum atomic E-state index is -0.266. The molecule has 0 aliphatic carbocycles. The van der Waals surface area contributed by atoms with Crippen LogP contribution in [0.4, 0.5) is 0 Å². The second-order valence-corrected chi connectivity index (χ2v) is 5.01. The molecular formula is C12H17ClO4S. The van der Waals surface area contributed by atoms with E-state index in [4.69, 9.17) is 25.8 Å². The Kier molecular flexibility index (Phi) is 8.00. The van der Waals surface area contributed by atoms with Gasteiger partial charge in [0.25, 0.3) is 0 Å². The summed E-state index contributed by atoms with van der Waals surface area (Å²) in [6.45, 7) is 4.36. The van der Waals surface area contributed by atoms with E-state index < -0.39 is 0 Å². The van der Waals surface area contributed by atoms with Crippen LogP contribution in [0.3, 0.4) is 0 Å². The minimum absolute atomic E-state index is 0.252. The van der Waals surface area contributed by atoms with Gasteiger partial charge in [-0.3, -0.25) is 4.79 Å². The molecule has 1 rings (SSSR count). The van der Waals surface area contributed by atoms with Crippen molar-refractivity contribution in [2.75, 3.05) is 33.0 Å². The van der Waals surface area contributed by atoms with Crippen molar-refractivity contribution in [3.8, 4) is 0 Å². The van der Waals surface area contributed by atoms with Crippen LogP contribution in [0.5, 0.6) is 0 Å². The molecule has 0 amide bonds. The lowest BCUT2D eigenvalue weighted by Crippen LogP contribution is -2.14. The summed E-state index contributed by atoms with van der Waals surface area (Å²) < 4.78 is 16.0. The van der Waals surface area contributed by atoms with Crippen LogP contribution in [-0.2, 0) is 25.4 Å². The summed E-state index contributed by atoms with van der Waals surface area (Å²) in [6, 6.07) is 1.77. The molecule has 0 aliphatic heterocycles. The summed E-state index contributed by atoms with van der Waals surface area (Å²) in [5, 5.41) is 1.85. The van der Waals surface area contributed by atoms with Crippen LogP contribution in [0.15, 0.2) is 11.4 Å². The van der Waals surface area contributed by atoms with Crippen molar-refractivity contribution in [1.82, 2.24) is 0 Å². The number of halogens is 1. The van der Waals surface area contributed by atoms with Crippen molar-refractivity contribution in [3.05, 3.63) is 21.3 Å². The molecule has 102 valence electrons. The first-order chi connectivity index (χ1) is 8.72. The van der Waals surface area contributed by atoms with Gasteiger partial charge < -0.3 is 14.2 Å². The molecule has 1 aromatic heterocycles. The molecule has 6 heteroatoms. The molecule has 18 heavy (non-hydrogen) atoms. The maximum Gasteiger partial charge on any atom is 0.310 e. The monoisotopic (exact) mass is 292 g/mol. The molecule has 0 spiro atoms. The Morgan fingerprint density at radius 3 is 2.67 bits per heavy atom. The number of hydrogen-bond acceptors (Lipinski definition) is 5. The van der Waals surface area contributed by atoms with Crippen molar-refractivity contribution in [2.45, 2.75) is 13.3 Å². The third-order valence-electron chi connectivity index (χ3n) is 2.04. The average Bonchev–Trinajstić information content (AvgIpc) is 2.73. The van der Waals surface area contributed by atoms with Gasteiger partial charge in [-0.25, -0.2) is 0 Å². The number of hydrogen-bond donors (Lipinski definition) is 0. The molecule has 0 atom stereocenters. The van der Waals surface area contributed by atoms with E-state index in [0.717, 1.165) is 5.56 Å². The summed E-state index contributed by atoms with van der Waals surface area (Å²) >= 11 is 7.17. The van der Waals surface area contributed by atoms with E-state index in [-0.39, 0.29) is 19.0 Å². The van der Waals surface area contributed by atoms with E-state index >= 15 is 0 Å². The molecule has 0 radical (unpaired) electrons.